The molecule has 2 fully saturated rings. The number of cyclic esters (lactones) is 1. The number of nitrogens with zero attached hydrogens (tertiary/aromatic N) is 2. The normalized spacial score (nSPS) is 34.6. The summed E-state index contributed by atoms with van der Waals surface area (Å²) in [7, 11) is 0. The molecule has 0 bridgehead atoms. The number of aliphatic hydroxyl groups is 1. The summed E-state index contributed by atoms with van der Waals surface area (Å²) < 4.78 is 12.4. The van der Waals surface area contributed by atoms with E-state index in [1.54, 1.807) is 42.2 Å². The van der Waals surface area contributed by atoms with Crippen LogP contribution in [-0.4, -0.2) is 70.8 Å². The summed E-state index contributed by atoms with van der Waals surface area (Å²) in [6.45, 7) is 5.99. The van der Waals surface area contributed by atoms with Gasteiger partial charge in [0.2, 0.25) is 5.91 Å². The molecule has 4 aliphatic rings. The molecule has 2 saturated heterocycles. The number of likely N-dealkylation sites (tertiary alicyclic amines) is 1. The molecule has 38 heavy (non-hydrogen) atoms. The average Bonchev–Trinajstić information content (AvgIpc) is 3.22. The summed E-state index contributed by atoms with van der Waals surface area (Å²) in [5, 5.41) is 11.0. The van der Waals surface area contributed by atoms with Crippen molar-refractivity contribution >= 4 is 35.1 Å². The topological polar surface area (TPSA) is 96.4 Å². The van der Waals surface area contributed by atoms with Gasteiger partial charge in [0.25, 0.3) is 5.91 Å². The monoisotopic (exact) mass is 542 g/mol. The Hall–Kier alpha value is -2.68. The van der Waals surface area contributed by atoms with Gasteiger partial charge in [-0.15, -0.1) is 0 Å². The number of carbonyl (C=O) groups excluding carboxylic acids is 3. The maximum Gasteiger partial charge on any atom is 0.313 e. The van der Waals surface area contributed by atoms with Crippen molar-refractivity contribution in [3.63, 3.8) is 0 Å². The predicted octanol–water partition coefficient (Wildman–Crippen LogP) is 3.51. The smallest absolute Gasteiger partial charge is 0.313 e. The highest BCUT2D eigenvalue weighted by Crippen LogP contribution is 2.57. The van der Waals surface area contributed by atoms with Crippen LogP contribution in [-0.2, 0) is 23.9 Å². The molecule has 2 amide bonds. The number of hydrogen-bond acceptors (Lipinski definition) is 6. The summed E-state index contributed by atoms with van der Waals surface area (Å²) in [6.07, 6.45) is 9.32. The van der Waals surface area contributed by atoms with Crippen LogP contribution in [0.25, 0.3) is 0 Å². The van der Waals surface area contributed by atoms with E-state index in [4.69, 9.17) is 21.1 Å². The first-order chi connectivity index (χ1) is 18.1. The molecule has 1 spiro atoms. The number of hydrogen-bond donors (Lipinski definition) is 1. The SMILES string of the molecule is CC(C)C[C@H](CO)N1C(=O)[C@@H]2[C@@H]3C(=O)OCCC/C=C\[C@]3(C)O[C@@]23C=CCN(c2ccc(Cl)cc2)C(=O)C13. The van der Waals surface area contributed by atoms with Gasteiger partial charge in [-0.05, 0) is 56.4 Å². The molecule has 0 aromatic heterocycles. The number of esters is 1. The van der Waals surface area contributed by atoms with E-state index in [9.17, 15) is 19.5 Å². The van der Waals surface area contributed by atoms with Crippen molar-refractivity contribution < 1.29 is 29.0 Å². The second-order valence-electron chi connectivity index (χ2n) is 11.2. The highest BCUT2D eigenvalue weighted by Gasteiger charge is 2.75. The number of halogens is 1. The van der Waals surface area contributed by atoms with Crippen LogP contribution < -0.4 is 4.90 Å². The first-order valence-corrected chi connectivity index (χ1v) is 13.7. The summed E-state index contributed by atoms with van der Waals surface area (Å²) in [6, 6.07) is 5.26. The standard InChI is InChI=1S/C29H35ClN2O6/c1-18(2)16-21(17-33)32-24-26(35)31(20-10-8-19(30)9-11-20)14-7-13-29(24)22(25(32)34)23-27(36)37-15-6-4-5-12-28(23,3)38-29/h5,7-13,18,21-24,33H,4,6,14-17H2,1-3H3/b12-5-/t21-,22+,23-,24?,28+,29+/m1/s1. The minimum atomic E-state index is -1.40. The van der Waals surface area contributed by atoms with E-state index < -0.39 is 41.1 Å². The largest absolute Gasteiger partial charge is 0.465 e. The van der Waals surface area contributed by atoms with Gasteiger partial charge in [0.15, 0.2) is 0 Å². The zero-order chi connectivity index (χ0) is 27.2. The fourth-order valence-electron chi connectivity index (χ4n) is 6.64. The third kappa shape index (κ3) is 4.27. The Labute approximate surface area is 228 Å². The van der Waals surface area contributed by atoms with E-state index in [0.717, 1.165) is 0 Å². The highest BCUT2D eigenvalue weighted by molar-refractivity contribution is 6.30. The van der Waals surface area contributed by atoms with Crippen molar-refractivity contribution in [3.8, 4) is 0 Å². The molecule has 1 aromatic rings. The molecule has 0 radical (unpaired) electrons. The number of benzene rings is 1. The average molecular weight is 543 g/mol. The molecule has 1 N–H and O–H groups in total. The van der Waals surface area contributed by atoms with E-state index >= 15 is 0 Å². The Bertz CT molecular complexity index is 1170. The molecular formula is C29H35ClN2O6. The van der Waals surface area contributed by atoms with Crippen LogP contribution in [0.5, 0.6) is 0 Å². The zero-order valence-corrected chi connectivity index (χ0v) is 22.8. The Morgan fingerprint density at radius 1 is 1.08 bits per heavy atom. The molecule has 1 aromatic carbocycles. The van der Waals surface area contributed by atoms with Crippen LogP contribution >= 0.6 is 11.6 Å². The van der Waals surface area contributed by atoms with E-state index in [1.165, 1.54) is 4.90 Å². The number of amides is 2. The first-order valence-electron chi connectivity index (χ1n) is 13.3. The summed E-state index contributed by atoms with van der Waals surface area (Å²) >= 11 is 6.10. The lowest BCUT2D eigenvalue weighted by molar-refractivity contribution is -0.159. The second-order valence-corrected chi connectivity index (χ2v) is 11.7. The third-order valence-corrected chi connectivity index (χ3v) is 8.43. The Morgan fingerprint density at radius 2 is 1.82 bits per heavy atom. The number of rotatable bonds is 5. The van der Waals surface area contributed by atoms with Crippen molar-refractivity contribution in [1.29, 1.82) is 0 Å². The molecule has 8 nitrogen and oxygen atoms in total. The third-order valence-electron chi connectivity index (χ3n) is 8.17. The van der Waals surface area contributed by atoms with Gasteiger partial charge >= 0.3 is 5.97 Å². The van der Waals surface area contributed by atoms with Crippen molar-refractivity contribution in [2.75, 3.05) is 24.7 Å². The van der Waals surface area contributed by atoms with Gasteiger partial charge in [0.05, 0.1) is 30.8 Å². The fourth-order valence-corrected chi connectivity index (χ4v) is 6.77. The van der Waals surface area contributed by atoms with Gasteiger partial charge < -0.3 is 24.4 Å². The van der Waals surface area contributed by atoms with Crippen molar-refractivity contribution in [2.45, 2.75) is 63.3 Å². The van der Waals surface area contributed by atoms with Crippen LogP contribution in [0.3, 0.4) is 0 Å². The lowest BCUT2D eigenvalue weighted by Crippen LogP contribution is -2.59. The molecular weight excluding hydrogens is 508 g/mol. The van der Waals surface area contributed by atoms with Crippen LogP contribution in [0.1, 0.15) is 40.0 Å². The quantitative estimate of drug-likeness (QED) is 0.452. The van der Waals surface area contributed by atoms with Gasteiger partial charge in [-0.1, -0.05) is 49.8 Å². The summed E-state index contributed by atoms with van der Waals surface area (Å²) in [5.74, 6) is -2.95. The predicted molar refractivity (Wildman–Crippen MR) is 142 cm³/mol. The molecule has 4 heterocycles. The van der Waals surface area contributed by atoms with E-state index in [0.29, 0.717) is 30.0 Å². The number of allylic oxidation sites excluding steroid dienone is 1. The summed E-state index contributed by atoms with van der Waals surface area (Å²) in [5.41, 5.74) is -1.91. The lowest BCUT2D eigenvalue weighted by Gasteiger charge is -2.40. The van der Waals surface area contributed by atoms with Gasteiger partial charge in [0, 0.05) is 17.3 Å². The van der Waals surface area contributed by atoms with Gasteiger partial charge in [-0.25, -0.2) is 0 Å². The molecule has 9 heteroatoms. The lowest BCUT2D eigenvalue weighted by atomic mass is 9.74. The van der Waals surface area contributed by atoms with Crippen LogP contribution in [0, 0.1) is 17.8 Å². The van der Waals surface area contributed by atoms with Crippen LogP contribution in [0.2, 0.25) is 5.02 Å². The number of fused-ring (bicyclic) bond motifs is 2. The first kappa shape index (κ1) is 26.9. The Morgan fingerprint density at radius 3 is 2.50 bits per heavy atom. The molecule has 5 rings (SSSR count). The Kier molecular flexibility index (Phi) is 7.18. The number of aliphatic hydroxyl groups excluding tert-OH is 1. The number of carbonyl (C=O) groups is 3. The number of anilines is 1. The van der Waals surface area contributed by atoms with Crippen molar-refractivity contribution in [3.05, 3.63) is 53.6 Å². The van der Waals surface area contributed by atoms with E-state index in [-0.39, 0.29) is 37.5 Å². The maximum atomic E-state index is 14.5. The van der Waals surface area contributed by atoms with E-state index in [1.807, 2.05) is 32.1 Å². The minimum Gasteiger partial charge on any atom is -0.465 e. The number of ether oxygens (including phenoxy) is 2. The minimum absolute atomic E-state index is 0.157. The maximum absolute atomic E-state index is 14.5. The molecule has 4 aliphatic heterocycles. The van der Waals surface area contributed by atoms with Gasteiger partial charge in [-0.3, -0.25) is 14.4 Å². The van der Waals surface area contributed by atoms with Crippen molar-refractivity contribution in [2.24, 2.45) is 17.8 Å². The second kappa shape index (κ2) is 10.1. The highest BCUT2D eigenvalue weighted by atomic mass is 35.5. The zero-order valence-electron chi connectivity index (χ0n) is 22.0. The van der Waals surface area contributed by atoms with Gasteiger partial charge in [-0.2, -0.15) is 0 Å². The van der Waals surface area contributed by atoms with E-state index in [2.05, 4.69) is 0 Å². The van der Waals surface area contributed by atoms with Crippen molar-refractivity contribution in [1.82, 2.24) is 4.90 Å². The van der Waals surface area contributed by atoms with Crippen LogP contribution in [0.4, 0.5) is 5.69 Å². The molecule has 0 saturated carbocycles. The fraction of sp³-hybridized carbons (Fsp3) is 0.552. The molecule has 0 aliphatic carbocycles. The van der Waals surface area contributed by atoms with Gasteiger partial charge in [0.1, 0.15) is 17.6 Å². The molecule has 6 atom stereocenters. The van der Waals surface area contributed by atoms with Crippen LogP contribution in [0.15, 0.2) is 48.6 Å². The molecule has 1 unspecified atom stereocenters. The Balaban J connectivity index is 1.67. The summed E-state index contributed by atoms with van der Waals surface area (Å²) in [4.78, 5) is 45.4. The molecule has 204 valence electrons.